The van der Waals surface area contributed by atoms with E-state index < -0.39 is 0 Å². The summed E-state index contributed by atoms with van der Waals surface area (Å²) in [5.41, 5.74) is 6.82. The molecular formula is C40H44O8. The van der Waals surface area contributed by atoms with E-state index in [4.69, 9.17) is 37.9 Å². The van der Waals surface area contributed by atoms with E-state index in [2.05, 4.69) is 48.5 Å². The first-order valence-corrected chi connectivity index (χ1v) is 18.7. The highest BCUT2D eigenvalue weighted by atomic mass is 16.7. The number of ether oxygens (including phenoxy) is 8. The maximum absolute atomic E-state index is 5.86. The Morgan fingerprint density at radius 3 is 1.08 bits per heavy atom. The van der Waals surface area contributed by atoms with E-state index in [1.54, 1.807) is 0 Å². The van der Waals surface area contributed by atoms with Gasteiger partial charge in [-0.05, 0) is 97.3 Å². The minimum Gasteiger partial charge on any atom is -0.370 e. The third-order valence-corrected chi connectivity index (χ3v) is 15.7. The Labute approximate surface area is 281 Å². The van der Waals surface area contributed by atoms with Crippen LogP contribution in [0.25, 0.3) is 0 Å². The van der Waals surface area contributed by atoms with Gasteiger partial charge in [0.2, 0.25) is 0 Å². The summed E-state index contributed by atoms with van der Waals surface area (Å²) in [5.74, 6) is 3.44. The lowest BCUT2D eigenvalue weighted by molar-refractivity contribution is -0.0569. The third-order valence-electron chi connectivity index (χ3n) is 15.7. The minimum atomic E-state index is -0.190. The molecule has 17 rings (SSSR count). The van der Waals surface area contributed by atoms with Crippen LogP contribution in [0.3, 0.4) is 0 Å². The predicted molar refractivity (Wildman–Crippen MR) is 169 cm³/mol. The molecule has 15 aliphatic rings. The summed E-state index contributed by atoms with van der Waals surface area (Å²) in [6, 6.07) is 17.1. The number of hydrogen-bond donors (Lipinski definition) is 0. The largest absolute Gasteiger partial charge is 0.370 e. The fourth-order valence-electron chi connectivity index (χ4n) is 11.8. The maximum Gasteiger partial charge on any atom is 0.142 e. The Kier molecular flexibility index (Phi) is 4.88. The summed E-state index contributed by atoms with van der Waals surface area (Å²) in [5, 5.41) is 0. The first-order chi connectivity index (χ1) is 23.4. The topological polar surface area (TPSA) is 100 Å². The van der Waals surface area contributed by atoms with Crippen molar-refractivity contribution >= 4 is 0 Å². The smallest absolute Gasteiger partial charge is 0.142 e. The second-order valence-electron chi connectivity index (χ2n) is 17.9. The summed E-state index contributed by atoms with van der Waals surface area (Å²) < 4.78 is 44.5. The van der Waals surface area contributed by atoms with Gasteiger partial charge in [-0.2, -0.15) is 0 Å². The van der Waals surface area contributed by atoms with Crippen molar-refractivity contribution < 1.29 is 37.9 Å². The SMILES string of the molecule is C1C2CC3(CO3)C1CC21CO1.C1C2CC3(CO3)CC1C21CO1.C1CC2(CO2)C12CO2.c1ccc2c(c1)C1(CO1)c1ccccc1C21CO1. The van der Waals surface area contributed by atoms with Gasteiger partial charge >= 0.3 is 0 Å². The molecule has 8 saturated heterocycles. The summed E-state index contributed by atoms with van der Waals surface area (Å²) in [4.78, 5) is 0. The molecule has 0 radical (unpaired) electrons. The molecule has 8 heteroatoms. The maximum atomic E-state index is 5.86. The van der Waals surface area contributed by atoms with Crippen molar-refractivity contribution in [3.05, 3.63) is 70.8 Å². The molecule has 0 amide bonds. The van der Waals surface area contributed by atoms with Crippen LogP contribution in [0, 0.1) is 23.7 Å². The van der Waals surface area contributed by atoms with Gasteiger partial charge in [0.15, 0.2) is 0 Å². The fraction of sp³-hybridized carbons (Fsp3) is 0.700. The molecule has 2 aromatic rings. The zero-order valence-corrected chi connectivity index (χ0v) is 27.5. The highest BCUT2D eigenvalue weighted by molar-refractivity contribution is 5.61. The van der Waals surface area contributed by atoms with Crippen LogP contribution in [0.2, 0.25) is 0 Å². The van der Waals surface area contributed by atoms with E-state index in [-0.39, 0.29) is 22.4 Å². The van der Waals surface area contributed by atoms with Crippen LogP contribution in [0.1, 0.15) is 73.6 Å². The molecule has 48 heavy (non-hydrogen) atoms. The lowest BCUT2D eigenvalue weighted by atomic mass is 9.54. The van der Waals surface area contributed by atoms with Crippen LogP contribution in [0.5, 0.6) is 0 Å². The number of fused-ring (bicyclic) bond motifs is 11. The summed E-state index contributed by atoms with van der Waals surface area (Å²) in [6.07, 6.45) is 10.5. The molecule has 252 valence electrons. The minimum absolute atomic E-state index is 0.190. The van der Waals surface area contributed by atoms with Gasteiger partial charge in [-0.3, -0.25) is 0 Å². The van der Waals surface area contributed by atoms with Crippen molar-refractivity contribution in [2.75, 3.05) is 52.9 Å². The summed E-state index contributed by atoms with van der Waals surface area (Å²) >= 11 is 0. The van der Waals surface area contributed by atoms with Crippen molar-refractivity contribution in [2.45, 2.75) is 96.2 Å². The molecule has 8 atom stereocenters. The van der Waals surface area contributed by atoms with Crippen molar-refractivity contribution in [2.24, 2.45) is 23.7 Å². The van der Waals surface area contributed by atoms with Crippen molar-refractivity contribution in [1.29, 1.82) is 0 Å². The van der Waals surface area contributed by atoms with Gasteiger partial charge in [0.1, 0.15) is 22.4 Å². The number of epoxide rings is 8. The van der Waals surface area contributed by atoms with E-state index in [1.165, 1.54) is 73.6 Å². The standard InChI is InChI=1S/C16H12O2.2C9H12O2.C6H8O2/c1-2-6-12-11(5-1)15(9-17-15)13-7-3-4-8-14(13)16(12)10-18-16;1-6-2-8(4-10-8)7(1)3-9(6)5-11-9;1-6-2-8(4-10-8)3-7(1)9(6)5-11-9;1-2-6(4-8-6)5(1)3-7-5/h1-8H,9-10H2;2*6-7H,1-5H2;1-4H2. The Balaban J connectivity index is 0.0000000746. The predicted octanol–water partition coefficient (Wildman–Crippen LogP) is 4.77. The number of rotatable bonds is 0. The Hall–Kier alpha value is -1.88. The lowest BCUT2D eigenvalue weighted by Gasteiger charge is -2.50. The molecular weight excluding hydrogens is 608 g/mol. The Bertz CT molecular complexity index is 1560. The molecule has 0 aromatic heterocycles. The quantitative estimate of drug-likeness (QED) is 0.376. The van der Waals surface area contributed by atoms with E-state index in [9.17, 15) is 0 Å². The van der Waals surface area contributed by atoms with Crippen LogP contribution in [-0.4, -0.2) is 86.5 Å². The van der Waals surface area contributed by atoms with Crippen molar-refractivity contribution in [3.63, 3.8) is 0 Å². The van der Waals surface area contributed by atoms with Gasteiger partial charge in [-0.1, -0.05) is 48.5 Å². The highest BCUT2D eigenvalue weighted by Gasteiger charge is 2.76. The van der Waals surface area contributed by atoms with E-state index in [0.717, 1.165) is 76.5 Å². The molecule has 4 bridgehead atoms. The summed E-state index contributed by atoms with van der Waals surface area (Å²) in [6.45, 7) is 7.69. The summed E-state index contributed by atoms with van der Waals surface area (Å²) in [7, 11) is 0. The van der Waals surface area contributed by atoms with Gasteiger partial charge in [0, 0.05) is 0 Å². The molecule has 8 aliphatic heterocycles. The molecule has 2 aromatic carbocycles. The molecule has 0 N–H and O–H groups in total. The number of benzene rings is 2. The normalized spacial score (nSPS) is 55.8. The Morgan fingerprint density at radius 1 is 0.417 bits per heavy atom. The molecule has 8 unspecified atom stereocenters. The van der Waals surface area contributed by atoms with Crippen LogP contribution in [-0.2, 0) is 49.1 Å². The van der Waals surface area contributed by atoms with Gasteiger partial charge < -0.3 is 37.9 Å². The van der Waals surface area contributed by atoms with Crippen LogP contribution in [0.4, 0.5) is 0 Å². The molecule has 14 fully saturated rings. The van der Waals surface area contributed by atoms with Crippen LogP contribution < -0.4 is 0 Å². The number of hydrogen-bond acceptors (Lipinski definition) is 8. The zero-order valence-electron chi connectivity index (χ0n) is 27.5. The molecule has 7 aliphatic carbocycles. The zero-order chi connectivity index (χ0) is 31.2. The fourth-order valence-corrected chi connectivity index (χ4v) is 11.8. The molecule has 8 nitrogen and oxygen atoms in total. The Morgan fingerprint density at radius 2 is 0.812 bits per heavy atom. The second-order valence-corrected chi connectivity index (χ2v) is 17.9. The highest BCUT2D eigenvalue weighted by Crippen LogP contribution is 2.68. The molecule has 6 saturated carbocycles. The van der Waals surface area contributed by atoms with Crippen molar-refractivity contribution in [1.82, 2.24) is 0 Å². The molecule has 8 heterocycles. The monoisotopic (exact) mass is 652 g/mol. The third kappa shape index (κ3) is 3.55. The van der Waals surface area contributed by atoms with Crippen LogP contribution >= 0.6 is 0 Å². The average molecular weight is 653 g/mol. The lowest BCUT2D eigenvalue weighted by Crippen LogP contribution is -2.54. The average Bonchev–Trinajstić information content (AvgIpc) is 3.91. The van der Waals surface area contributed by atoms with Gasteiger partial charge in [0.05, 0.1) is 75.3 Å². The van der Waals surface area contributed by atoms with Gasteiger partial charge in [-0.25, -0.2) is 0 Å². The van der Waals surface area contributed by atoms with Gasteiger partial charge in [-0.15, -0.1) is 0 Å². The van der Waals surface area contributed by atoms with E-state index in [1.807, 2.05) is 0 Å². The molecule has 8 spiro atoms. The van der Waals surface area contributed by atoms with E-state index in [0.29, 0.717) is 22.4 Å². The first-order valence-electron chi connectivity index (χ1n) is 18.7. The van der Waals surface area contributed by atoms with Gasteiger partial charge in [0.25, 0.3) is 0 Å². The van der Waals surface area contributed by atoms with E-state index >= 15 is 0 Å². The first kappa shape index (κ1) is 27.8. The second kappa shape index (κ2) is 8.42. The van der Waals surface area contributed by atoms with Crippen LogP contribution in [0.15, 0.2) is 48.5 Å². The van der Waals surface area contributed by atoms with Crippen molar-refractivity contribution in [3.8, 4) is 0 Å².